The molecule has 2 heterocycles. The number of nitrogens with zero attached hydrogens (tertiary/aromatic N) is 2. The van der Waals surface area contributed by atoms with Crippen LogP contribution in [0.4, 0.5) is 5.13 Å². The Morgan fingerprint density at radius 3 is 2.76 bits per heavy atom. The average Bonchev–Trinajstić information content (AvgIpc) is 3.14. The molecule has 1 unspecified atom stereocenters. The van der Waals surface area contributed by atoms with Gasteiger partial charge in [-0.1, -0.05) is 55.5 Å². The van der Waals surface area contributed by atoms with Gasteiger partial charge < -0.3 is 4.90 Å². The number of anilines is 1. The van der Waals surface area contributed by atoms with E-state index in [0.717, 1.165) is 34.1 Å². The molecule has 1 aromatic heterocycles. The fourth-order valence-corrected chi connectivity index (χ4v) is 4.03. The molecule has 110 valence electrons. The maximum atomic E-state index is 11.4. The van der Waals surface area contributed by atoms with E-state index in [1.807, 2.05) is 30.3 Å². The summed E-state index contributed by atoms with van der Waals surface area (Å²) in [5.41, 5.74) is 1.84. The summed E-state index contributed by atoms with van der Waals surface area (Å²) >= 11 is 1.52. The van der Waals surface area contributed by atoms with E-state index in [4.69, 9.17) is 4.98 Å². The first-order valence-corrected chi connectivity index (χ1v) is 8.30. The Hall–Kier alpha value is -1.68. The molecule has 0 spiro atoms. The summed E-state index contributed by atoms with van der Waals surface area (Å²) in [6.07, 6.45) is 3.36. The molecule has 1 fully saturated rings. The van der Waals surface area contributed by atoms with Crippen molar-refractivity contribution < 1.29 is 4.79 Å². The van der Waals surface area contributed by atoms with Gasteiger partial charge in [-0.15, -0.1) is 0 Å². The van der Waals surface area contributed by atoms with Crippen LogP contribution in [0.1, 0.15) is 36.4 Å². The van der Waals surface area contributed by atoms with Crippen molar-refractivity contribution in [3.05, 3.63) is 35.2 Å². The number of hydrogen-bond acceptors (Lipinski definition) is 4. The van der Waals surface area contributed by atoms with Gasteiger partial charge in [-0.2, -0.15) is 0 Å². The van der Waals surface area contributed by atoms with Crippen molar-refractivity contribution in [3.63, 3.8) is 0 Å². The Morgan fingerprint density at radius 1 is 1.33 bits per heavy atom. The molecule has 21 heavy (non-hydrogen) atoms. The van der Waals surface area contributed by atoms with Crippen molar-refractivity contribution in [1.29, 1.82) is 0 Å². The van der Waals surface area contributed by atoms with Gasteiger partial charge in [-0.05, 0) is 18.8 Å². The van der Waals surface area contributed by atoms with E-state index in [0.29, 0.717) is 12.0 Å². The van der Waals surface area contributed by atoms with Gasteiger partial charge in [0.15, 0.2) is 11.4 Å². The molecule has 3 rings (SSSR count). The third-order valence-electron chi connectivity index (χ3n) is 4.11. The van der Waals surface area contributed by atoms with Crippen molar-refractivity contribution in [2.75, 3.05) is 11.4 Å². The predicted octanol–water partition coefficient (Wildman–Crippen LogP) is 4.25. The van der Waals surface area contributed by atoms with Crippen molar-refractivity contribution in [2.24, 2.45) is 5.92 Å². The van der Waals surface area contributed by atoms with E-state index in [9.17, 15) is 4.79 Å². The van der Waals surface area contributed by atoms with Gasteiger partial charge in [0.25, 0.3) is 0 Å². The lowest BCUT2D eigenvalue weighted by molar-refractivity contribution is 0.112. The van der Waals surface area contributed by atoms with E-state index in [1.54, 1.807) is 0 Å². The van der Waals surface area contributed by atoms with Crippen LogP contribution in [0.25, 0.3) is 11.3 Å². The number of carbonyl (C=O) groups is 1. The smallest absolute Gasteiger partial charge is 0.186 e. The average molecular weight is 300 g/mol. The molecule has 3 nitrogen and oxygen atoms in total. The zero-order chi connectivity index (χ0) is 14.8. The molecule has 1 aliphatic rings. The van der Waals surface area contributed by atoms with Crippen LogP contribution in [0, 0.1) is 5.92 Å². The molecule has 1 aromatic carbocycles. The van der Waals surface area contributed by atoms with Gasteiger partial charge in [0.1, 0.15) is 0 Å². The van der Waals surface area contributed by atoms with Crippen LogP contribution < -0.4 is 4.90 Å². The zero-order valence-corrected chi connectivity index (χ0v) is 13.3. The Balaban J connectivity index is 1.98. The lowest BCUT2D eigenvalue weighted by Gasteiger charge is -2.27. The van der Waals surface area contributed by atoms with Crippen molar-refractivity contribution in [1.82, 2.24) is 4.98 Å². The highest BCUT2D eigenvalue weighted by Gasteiger charge is 2.30. The summed E-state index contributed by atoms with van der Waals surface area (Å²) < 4.78 is 0. The number of carbonyl (C=O) groups excluding carboxylic acids is 1. The molecular weight excluding hydrogens is 280 g/mol. The number of benzene rings is 1. The molecule has 0 amide bonds. The predicted molar refractivity (Wildman–Crippen MR) is 88.1 cm³/mol. The summed E-state index contributed by atoms with van der Waals surface area (Å²) in [5, 5.41) is 0.993. The van der Waals surface area contributed by atoms with Crippen LogP contribution >= 0.6 is 11.3 Å². The third-order valence-corrected chi connectivity index (χ3v) is 5.13. The van der Waals surface area contributed by atoms with Gasteiger partial charge in [0, 0.05) is 18.2 Å². The third kappa shape index (κ3) is 2.72. The second kappa shape index (κ2) is 5.98. The minimum atomic E-state index is 0.541. The van der Waals surface area contributed by atoms with Crippen LogP contribution in [0.2, 0.25) is 0 Å². The van der Waals surface area contributed by atoms with Gasteiger partial charge in [0.2, 0.25) is 0 Å². The van der Waals surface area contributed by atoms with Crippen LogP contribution in [0.3, 0.4) is 0 Å². The van der Waals surface area contributed by atoms with Gasteiger partial charge in [-0.25, -0.2) is 4.98 Å². The van der Waals surface area contributed by atoms with E-state index in [-0.39, 0.29) is 0 Å². The highest BCUT2D eigenvalue weighted by Crippen LogP contribution is 2.36. The van der Waals surface area contributed by atoms with Crippen LogP contribution in [0.15, 0.2) is 30.3 Å². The number of aldehydes is 1. The highest BCUT2D eigenvalue weighted by molar-refractivity contribution is 7.17. The van der Waals surface area contributed by atoms with Gasteiger partial charge in [0.05, 0.1) is 10.6 Å². The minimum Gasteiger partial charge on any atom is -0.345 e. The molecule has 4 heteroatoms. The maximum absolute atomic E-state index is 11.4. The quantitative estimate of drug-likeness (QED) is 0.792. The van der Waals surface area contributed by atoms with Crippen LogP contribution in [-0.4, -0.2) is 23.9 Å². The second-order valence-corrected chi connectivity index (χ2v) is 6.85. The Bertz CT molecular complexity index is 621. The molecule has 1 aliphatic heterocycles. The summed E-state index contributed by atoms with van der Waals surface area (Å²) in [4.78, 5) is 19.3. The monoisotopic (exact) mass is 300 g/mol. The molecular formula is C17H20N2OS. The number of hydrogen-bond donors (Lipinski definition) is 0. The first kappa shape index (κ1) is 14.3. The lowest BCUT2D eigenvalue weighted by Crippen LogP contribution is -2.33. The van der Waals surface area contributed by atoms with E-state index in [1.165, 1.54) is 24.2 Å². The van der Waals surface area contributed by atoms with E-state index >= 15 is 0 Å². The van der Waals surface area contributed by atoms with E-state index in [2.05, 4.69) is 18.7 Å². The zero-order valence-electron chi connectivity index (χ0n) is 12.5. The number of aromatic nitrogens is 1. The largest absolute Gasteiger partial charge is 0.345 e. The molecule has 0 aliphatic carbocycles. The van der Waals surface area contributed by atoms with E-state index < -0.39 is 0 Å². The fraction of sp³-hybridized carbons (Fsp3) is 0.412. The first-order chi connectivity index (χ1) is 10.2. The molecule has 1 atom stereocenters. The molecule has 2 aromatic rings. The molecule has 0 bridgehead atoms. The molecule has 1 saturated heterocycles. The number of rotatable bonds is 4. The Labute approximate surface area is 129 Å². The van der Waals surface area contributed by atoms with Crippen LogP contribution in [-0.2, 0) is 0 Å². The number of thiazole rings is 1. The standard InChI is InChI=1S/C17H20N2OS/c1-12(2)14-9-6-10-19(14)17-18-16(15(11-20)21-17)13-7-4-3-5-8-13/h3-5,7-8,11-12,14H,6,9-10H2,1-2H3. The maximum Gasteiger partial charge on any atom is 0.186 e. The Morgan fingerprint density at radius 2 is 2.10 bits per heavy atom. The van der Waals surface area contributed by atoms with Gasteiger partial charge in [-0.3, -0.25) is 4.79 Å². The summed E-state index contributed by atoms with van der Waals surface area (Å²) in [6.45, 7) is 5.56. The van der Waals surface area contributed by atoms with Crippen molar-refractivity contribution in [2.45, 2.75) is 32.7 Å². The first-order valence-electron chi connectivity index (χ1n) is 7.48. The normalized spacial score (nSPS) is 18.4. The summed E-state index contributed by atoms with van der Waals surface area (Å²) in [7, 11) is 0. The van der Waals surface area contributed by atoms with Crippen LogP contribution in [0.5, 0.6) is 0 Å². The summed E-state index contributed by atoms with van der Waals surface area (Å²) in [5.74, 6) is 0.608. The van der Waals surface area contributed by atoms with Crippen molar-refractivity contribution in [3.8, 4) is 11.3 Å². The Kier molecular flexibility index (Phi) is 4.06. The topological polar surface area (TPSA) is 33.2 Å². The van der Waals surface area contributed by atoms with Crippen molar-refractivity contribution >= 4 is 22.8 Å². The fourth-order valence-electron chi connectivity index (χ4n) is 3.05. The highest BCUT2D eigenvalue weighted by atomic mass is 32.1. The second-order valence-electron chi connectivity index (χ2n) is 5.84. The van der Waals surface area contributed by atoms with Gasteiger partial charge >= 0.3 is 0 Å². The lowest BCUT2D eigenvalue weighted by atomic mass is 10.0. The SMILES string of the molecule is CC(C)C1CCCN1c1nc(-c2ccccc2)c(C=O)s1. The molecule has 0 N–H and O–H groups in total. The minimum absolute atomic E-state index is 0.541. The molecule has 0 radical (unpaired) electrons. The summed E-state index contributed by atoms with van der Waals surface area (Å²) in [6, 6.07) is 10.5. The molecule has 0 saturated carbocycles.